The number of methoxy groups -OCH3 is 1. The molecule has 3 rings (SSSR count). The zero-order valence-corrected chi connectivity index (χ0v) is 15.0. The van der Waals surface area contributed by atoms with E-state index in [2.05, 4.69) is 0 Å². The molecule has 2 aromatic carbocycles. The maximum absolute atomic E-state index is 12.3. The molecule has 1 amide bonds. The van der Waals surface area contributed by atoms with Gasteiger partial charge in [-0.15, -0.1) is 0 Å². The van der Waals surface area contributed by atoms with Crippen LogP contribution in [0.25, 0.3) is 0 Å². The summed E-state index contributed by atoms with van der Waals surface area (Å²) in [5, 5.41) is 1.30. The van der Waals surface area contributed by atoms with Gasteiger partial charge < -0.3 is 9.64 Å². The Morgan fingerprint density at radius 2 is 1.83 bits per heavy atom. The number of rotatable bonds is 5. The van der Waals surface area contributed by atoms with E-state index in [-0.39, 0.29) is 11.9 Å². The first kappa shape index (κ1) is 17.1. The Labute approximate surface area is 152 Å². The molecule has 0 bridgehead atoms. The van der Waals surface area contributed by atoms with Crippen molar-refractivity contribution >= 4 is 29.1 Å². The molecule has 3 nitrogen and oxygen atoms in total. The van der Waals surface area contributed by atoms with Gasteiger partial charge in [-0.3, -0.25) is 4.79 Å². The van der Waals surface area contributed by atoms with Crippen LogP contribution in [0.15, 0.2) is 42.5 Å². The van der Waals surface area contributed by atoms with Crippen LogP contribution in [0.2, 0.25) is 10.0 Å². The van der Waals surface area contributed by atoms with E-state index < -0.39 is 0 Å². The molecular formula is C19H19Cl2NO2. The SMILES string of the molecule is COc1cc(CC2CCC(=O)N2Cc2ccc(Cl)cc2)ccc1Cl. The molecule has 1 aliphatic rings. The van der Waals surface area contributed by atoms with Crippen LogP contribution in [0.1, 0.15) is 24.0 Å². The molecule has 126 valence electrons. The lowest BCUT2D eigenvalue weighted by Crippen LogP contribution is -2.33. The van der Waals surface area contributed by atoms with Gasteiger partial charge in [0, 0.05) is 24.0 Å². The monoisotopic (exact) mass is 363 g/mol. The molecule has 0 spiro atoms. The molecular weight excluding hydrogens is 345 g/mol. The Morgan fingerprint density at radius 1 is 1.12 bits per heavy atom. The van der Waals surface area contributed by atoms with E-state index >= 15 is 0 Å². The summed E-state index contributed by atoms with van der Waals surface area (Å²) in [4.78, 5) is 14.2. The summed E-state index contributed by atoms with van der Waals surface area (Å²) in [6.45, 7) is 0.616. The van der Waals surface area contributed by atoms with Crippen LogP contribution in [0.5, 0.6) is 5.75 Å². The second kappa shape index (κ2) is 7.45. The van der Waals surface area contributed by atoms with Crippen molar-refractivity contribution in [2.24, 2.45) is 0 Å². The molecule has 2 aromatic rings. The van der Waals surface area contributed by atoms with Crippen LogP contribution >= 0.6 is 23.2 Å². The van der Waals surface area contributed by atoms with Crippen molar-refractivity contribution in [3.63, 3.8) is 0 Å². The molecule has 24 heavy (non-hydrogen) atoms. The summed E-state index contributed by atoms with van der Waals surface area (Å²) < 4.78 is 5.28. The number of carbonyl (C=O) groups excluding carboxylic acids is 1. The van der Waals surface area contributed by atoms with Gasteiger partial charge in [0.2, 0.25) is 5.91 Å². The third-order valence-electron chi connectivity index (χ3n) is 4.41. The average molecular weight is 364 g/mol. The number of amides is 1. The molecule has 1 atom stereocenters. The molecule has 0 saturated carbocycles. The van der Waals surface area contributed by atoms with Gasteiger partial charge in [-0.05, 0) is 48.2 Å². The Hall–Kier alpha value is -1.71. The highest BCUT2D eigenvalue weighted by Gasteiger charge is 2.30. The maximum atomic E-state index is 12.3. The standard InChI is InChI=1S/C19H19Cl2NO2/c1-24-18-11-14(4-8-17(18)21)10-16-7-9-19(23)22(16)12-13-2-5-15(20)6-3-13/h2-6,8,11,16H,7,9-10,12H2,1H3. The zero-order chi connectivity index (χ0) is 17.1. The number of hydrogen-bond acceptors (Lipinski definition) is 2. The van der Waals surface area contributed by atoms with Crippen LogP contribution in [-0.4, -0.2) is 24.0 Å². The minimum atomic E-state index is 0.194. The van der Waals surface area contributed by atoms with Gasteiger partial charge in [0.1, 0.15) is 5.75 Å². The van der Waals surface area contributed by atoms with Crippen molar-refractivity contribution in [2.45, 2.75) is 31.8 Å². The van der Waals surface area contributed by atoms with Crippen molar-refractivity contribution < 1.29 is 9.53 Å². The Bertz CT molecular complexity index is 731. The largest absolute Gasteiger partial charge is 0.495 e. The average Bonchev–Trinajstić information content (AvgIpc) is 2.92. The Kier molecular flexibility index (Phi) is 5.32. The molecule has 0 aromatic heterocycles. The van der Waals surface area contributed by atoms with Crippen molar-refractivity contribution in [1.29, 1.82) is 0 Å². The van der Waals surface area contributed by atoms with E-state index in [1.807, 2.05) is 47.4 Å². The Morgan fingerprint density at radius 3 is 2.54 bits per heavy atom. The number of likely N-dealkylation sites (tertiary alicyclic amines) is 1. The van der Waals surface area contributed by atoms with Gasteiger partial charge in [0.25, 0.3) is 0 Å². The van der Waals surface area contributed by atoms with Crippen LogP contribution < -0.4 is 4.74 Å². The first-order chi connectivity index (χ1) is 11.6. The highest BCUT2D eigenvalue weighted by molar-refractivity contribution is 6.32. The maximum Gasteiger partial charge on any atom is 0.223 e. The predicted octanol–water partition coefficient (Wildman–Crippen LogP) is 4.74. The summed E-state index contributed by atoms with van der Waals surface area (Å²) in [7, 11) is 1.61. The van der Waals surface area contributed by atoms with Gasteiger partial charge >= 0.3 is 0 Å². The van der Waals surface area contributed by atoms with Gasteiger partial charge in [-0.25, -0.2) is 0 Å². The quantitative estimate of drug-likeness (QED) is 0.767. The van der Waals surface area contributed by atoms with E-state index in [9.17, 15) is 4.79 Å². The molecule has 0 radical (unpaired) electrons. The van der Waals surface area contributed by atoms with Crippen molar-refractivity contribution in [3.8, 4) is 5.75 Å². The zero-order valence-electron chi connectivity index (χ0n) is 13.5. The van der Waals surface area contributed by atoms with Crippen LogP contribution in [0, 0.1) is 0 Å². The fourth-order valence-electron chi connectivity index (χ4n) is 3.11. The number of nitrogens with zero attached hydrogens (tertiary/aromatic N) is 1. The number of halogens is 2. The summed E-state index contributed by atoms with van der Waals surface area (Å²) in [5.74, 6) is 0.874. The van der Waals surface area contributed by atoms with Crippen molar-refractivity contribution in [2.75, 3.05) is 7.11 Å². The smallest absolute Gasteiger partial charge is 0.223 e. The van der Waals surface area contributed by atoms with Crippen LogP contribution in [-0.2, 0) is 17.8 Å². The molecule has 1 unspecified atom stereocenters. The van der Waals surface area contributed by atoms with E-state index in [0.29, 0.717) is 28.8 Å². The van der Waals surface area contributed by atoms with Crippen LogP contribution in [0.3, 0.4) is 0 Å². The van der Waals surface area contributed by atoms with Gasteiger partial charge in [0.05, 0.1) is 12.1 Å². The van der Waals surface area contributed by atoms with E-state index in [4.69, 9.17) is 27.9 Å². The lowest BCUT2D eigenvalue weighted by molar-refractivity contribution is -0.129. The third-order valence-corrected chi connectivity index (χ3v) is 4.97. The lowest BCUT2D eigenvalue weighted by atomic mass is 10.0. The minimum Gasteiger partial charge on any atom is -0.495 e. The number of ether oxygens (including phenoxy) is 1. The molecule has 0 aliphatic carbocycles. The normalized spacial score (nSPS) is 17.4. The summed E-state index contributed by atoms with van der Waals surface area (Å²) in [6.07, 6.45) is 2.27. The first-order valence-corrected chi connectivity index (χ1v) is 8.68. The number of benzene rings is 2. The molecule has 1 heterocycles. The van der Waals surface area contributed by atoms with E-state index in [0.717, 1.165) is 24.0 Å². The van der Waals surface area contributed by atoms with E-state index in [1.165, 1.54) is 0 Å². The van der Waals surface area contributed by atoms with E-state index in [1.54, 1.807) is 7.11 Å². The number of carbonyl (C=O) groups is 1. The molecule has 1 aliphatic heterocycles. The highest BCUT2D eigenvalue weighted by atomic mass is 35.5. The Balaban J connectivity index is 1.74. The van der Waals surface area contributed by atoms with Crippen molar-refractivity contribution in [1.82, 2.24) is 4.90 Å². The van der Waals surface area contributed by atoms with Crippen LogP contribution in [0.4, 0.5) is 0 Å². The molecule has 5 heteroatoms. The molecule has 1 fully saturated rings. The summed E-state index contributed by atoms with van der Waals surface area (Å²) in [5.41, 5.74) is 2.21. The second-order valence-corrected chi connectivity index (χ2v) is 6.86. The fraction of sp³-hybridized carbons (Fsp3) is 0.316. The fourth-order valence-corrected chi connectivity index (χ4v) is 3.43. The predicted molar refractivity (Wildman–Crippen MR) is 96.7 cm³/mol. The third kappa shape index (κ3) is 3.85. The second-order valence-electron chi connectivity index (χ2n) is 6.01. The molecule has 1 saturated heterocycles. The van der Waals surface area contributed by atoms with Crippen molar-refractivity contribution in [3.05, 3.63) is 63.6 Å². The minimum absolute atomic E-state index is 0.194. The highest BCUT2D eigenvalue weighted by Crippen LogP contribution is 2.29. The van der Waals surface area contributed by atoms with Gasteiger partial charge in [-0.2, -0.15) is 0 Å². The van der Waals surface area contributed by atoms with Gasteiger partial charge in [0.15, 0.2) is 0 Å². The van der Waals surface area contributed by atoms with Gasteiger partial charge in [-0.1, -0.05) is 41.4 Å². The number of hydrogen-bond donors (Lipinski definition) is 0. The molecule has 0 N–H and O–H groups in total. The summed E-state index contributed by atoms with van der Waals surface area (Å²) >= 11 is 12.0. The first-order valence-electron chi connectivity index (χ1n) is 7.93. The lowest BCUT2D eigenvalue weighted by Gasteiger charge is -2.25. The topological polar surface area (TPSA) is 29.5 Å². The summed E-state index contributed by atoms with van der Waals surface area (Å²) in [6, 6.07) is 13.6.